The summed E-state index contributed by atoms with van der Waals surface area (Å²) in [6.45, 7) is 2.82. The lowest BCUT2D eigenvalue weighted by molar-refractivity contribution is -0.384. The van der Waals surface area contributed by atoms with Crippen LogP contribution in [0, 0.1) is 10.1 Å². The van der Waals surface area contributed by atoms with Crippen molar-refractivity contribution in [2.75, 3.05) is 11.9 Å². The van der Waals surface area contributed by atoms with Crippen LogP contribution in [0.4, 0.5) is 11.4 Å². The van der Waals surface area contributed by atoms with E-state index in [-0.39, 0.29) is 16.7 Å². The Morgan fingerprint density at radius 2 is 1.89 bits per heavy atom. The van der Waals surface area contributed by atoms with Gasteiger partial charge in [-0.2, -0.15) is 0 Å². The second-order valence-corrected chi connectivity index (χ2v) is 6.56. The van der Waals surface area contributed by atoms with Gasteiger partial charge in [0.15, 0.2) is 5.11 Å². The van der Waals surface area contributed by atoms with E-state index in [0.717, 1.165) is 12.8 Å². The van der Waals surface area contributed by atoms with Gasteiger partial charge in [-0.3, -0.25) is 20.2 Å². The third kappa shape index (κ3) is 6.96. The number of carbonyl (C=O) groups excluding carboxylic acids is 1. The lowest BCUT2D eigenvalue weighted by Crippen LogP contribution is -2.34. The maximum absolute atomic E-state index is 12.3. The van der Waals surface area contributed by atoms with Gasteiger partial charge in [-0.05, 0) is 49.0 Å². The van der Waals surface area contributed by atoms with Crippen molar-refractivity contribution in [3.63, 3.8) is 0 Å². The minimum Gasteiger partial charge on any atom is -0.494 e. The van der Waals surface area contributed by atoms with E-state index in [1.807, 2.05) is 0 Å². The zero-order valence-corrected chi connectivity index (χ0v) is 16.5. The molecule has 0 bridgehead atoms. The summed E-state index contributed by atoms with van der Waals surface area (Å²) in [6.07, 6.45) is 4.54. The summed E-state index contributed by atoms with van der Waals surface area (Å²) in [4.78, 5) is 22.6. The van der Waals surface area contributed by atoms with E-state index >= 15 is 0 Å². The highest BCUT2D eigenvalue weighted by Crippen LogP contribution is 2.17. The molecule has 0 heterocycles. The molecule has 2 N–H and O–H groups in total. The zero-order chi connectivity index (χ0) is 20.4. The average Bonchev–Trinajstić information content (AvgIpc) is 2.68. The molecule has 2 rings (SSSR count). The number of benzene rings is 2. The molecule has 0 aliphatic heterocycles. The Kier molecular flexibility index (Phi) is 8.36. The van der Waals surface area contributed by atoms with Crippen LogP contribution in [0.1, 0.15) is 43.0 Å². The van der Waals surface area contributed by atoms with Crippen molar-refractivity contribution in [3.05, 3.63) is 64.2 Å². The maximum atomic E-state index is 12.3. The second-order valence-electron chi connectivity index (χ2n) is 6.15. The van der Waals surface area contributed by atoms with Crippen molar-refractivity contribution >= 4 is 34.6 Å². The fourth-order valence-corrected chi connectivity index (χ4v) is 2.67. The van der Waals surface area contributed by atoms with Crippen molar-refractivity contribution in [1.29, 1.82) is 0 Å². The van der Waals surface area contributed by atoms with E-state index < -0.39 is 4.92 Å². The molecule has 28 heavy (non-hydrogen) atoms. The van der Waals surface area contributed by atoms with Crippen LogP contribution in [0.2, 0.25) is 0 Å². The number of amides is 1. The number of nitro benzene ring substituents is 1. The van der Waals surface area contributed by atoms with E-state index in [1.54, 1.807) is 30.3 Å². The number of non-ortho nitro benzene ring substituents is 1. The van der Waals surface area contributed by atoms with Crippen LogP contribution in [0.15, 0.2) is 48.5 Å². The number of ether oxygens (including phenoxy) is 1. The van der Waals surface area contributed by atoms with Crippen LogP contribution < -0.4 is 15.4 Å². The topological polar surface area (TPSA) is 93.5 Å². The molecule has 0 saturated heterocycles. The molecule has 1 amide bonds. The summed E-state index contributed by atoms with van der Waals surface area (Å²) in [6, 6.07) is 12.7. The summed E-state index contributed by atoms with van der Waals surface area (Å²) < 4.78 is 5.65. The molecule has 8 heteroatoms. The molecule has 0 fully saturated rings. The van der Waals surface area contributed by atoms with Crippen molar-refractivity contribution in [3.8, 4) is 5.75 Å². The molecule has 7 nitrogen and oxygen atoms in total. The summed E-state index contributed by atoms with van der Waals surface area (Å²) in [7, 11) is 0. The molecule has 0 aliphatic carbocycles. The molecular weight excluding hydrogens is 378 g/mol. The van der Waals surface area contributed by atoms with E-state index in [9.17, 15) is 14.9 Å². The van der Waals surface area contributed by atoms with Crippen LogP contribution in [-0.2, 0) is 0 Å². The van der Waals surface area contributed by atoms with Crippen molar-refractivity contribution in [2.45, 2.75) is 32.6 Å². The molecule has 0 aliphatic rings. The molecule has 148 valence electrons. The summed E-state index contributed by atoms with van der Waals surface area (Å²) in [5.41, 5.74) is 0.789. The van der Waals surface area contributed by atoms with Crippen molar-refractivity contribution in [1.82, 2.24) is 5.32 Å². The Hall–Kier alpha value is -3.00. The zero-order valence-electron chi connectivity index (χ0n) is 15.6. The van der Waals surface area contributed by atoms with Gasteiger partial charge in [0.25, 0.3) is 11.6 Å². The number of rotatable bonds is 9. The normalized spacial score (nSPS) is 10.2. The first-order chi connectivity index (χ1) is 13.5. The summed E-state index contributed by atoms with van der Waals surface area (Å²) >= 11 is 5.10. The quantitative estimate of drug-likeness (QED) is 0.274. The Balaban J connectivity index is 1.84. The smallest absolute Gasteiger partial charge is 0.271 e. The molecule has 0 unspecified atom stereocenters. The van der Waals surface area contributed by atoms with Gasteiger partial charge in [-0.1, -0.05) is 32.3 Å². The van der Waals surface area contributed by atoms with Crippen molar-refractivity contribution < 1.29 is 14.5 Å². The first-order valence-electron chi connectivity index (χ1n) is 9.09. The first kappa shape index (κ1) is 21.3. The lowest BCUT2D eigenvalue weighted by Gasteiger charge is -2.10. The molecule has 2 aromatic carbocycles. The third-order valence-corrected chi connectivity index (χ3v) is 4.13. The number of unbranched alkanes of at least 4 members (excludes halogenated alkanes) is 3. The summed E-state index contributed by atoms with van der Waals surface area (Å²) in [5, 5.41) is 16.2. The predicted octanol–water partition coefficient (Wildman–Crippen LogP) is 4.68. The Morgan fingerprint density at radius 1 is 1.14 bits per heavy atom. The second kappa shape index (κ2) is 11.0. The Bertz CT molecular complexity index is 824. The number of thiocarbonyl (C=S) groups is 1. The lowest BCUT2D eigenvalue weighted by atomic mass is 10.2. The largest absolute Gasteiger partial charge is 0.494 e. The molecular formula is C20H23N3O4S. The number of nitro groups is 1. The number of hydrogen-bond donors (Lipinski definition) is 2. The highest BCUT2D eigenvalue weighted by molar-refractivity contribution is 7.80. The number of hydrogen-bond acceptors (Lipinski definition) is 5. The molecule has 0 atom stereocenters. The van der Waals surface area contributed by atoms with Gasteiger partial charge in [0, 0.05) is 23.4 Å². The van der Waals surface area contributed by atoms with Crippen LogP contribution in [-0.4, -0.2) is 22.5 Å². The van der Waals surface area contributed by atoms with Gasteiger partial charge >= 0.3 is 0 Å². The number of carbonyl (C=O) groups is 1. The van der Waals surface area contributed by atoms with Crippen LogP contribution >= 0.6 is 12.2 Å². The standard InChI is InChI=1S/C20H23N3O4S/c1-2-3-4-5-13-27-18-11-9-15(10-12-18)19(24)22-20(28)21-16-7-6-8-17(14-16)23(25)26/h6-12,14H,2-5,13H2,1H3,(H2,21,22,24,28). The molecule has 0 spiro atoms. The fraction of sp³-hybridized carbons (Fsp3) is 0.300. The third-order valence-electron chi connectivity index (χ3n) is 3.93. The SMILES string of the molecule is CCCCCCOc1ccc(C(=O)NC(=S)Nc2cccc([N+](=O)[O-])c2)cc1. The molecule has 0 aromatic heterocycles. The van der Waals surface area contributed by atoms with Crippen LogP contribution in [0.5, 0.6) is 5.75 Å². The van der Waals surface area contributed by atoms with E-state index in [1.165, 1.54) is 31.0 Å². The predicted molar refractivity (Wildman–Crippen MR) is 113 cm³/mol. The molecule has 2 aromatic rings. The number of anilines is 1. The van der Waals surface area contributed by atoms with Gasteiger partial charge in [-0.25, -0.2) is 0 Å². The Labute approximate surface area is 169 Å². The summed E-state index contributed by atoms with van der Waals surface area (Å²) in [5.74, 6) is 0.336. The van der Waals surface area contributed by atoms with Gasteiger partial charge in [0.05, 0.1) is 11.5 Å². The van der Waals surface area contributed by atoms with Crippen LogP contribution in [0.3, 0.4) is 0 Å². The van der Waals surface area contributed by atoms with Gasteiger partial charge in [-0.15, -0.1) is 0 Å². The van der Waals surface area contributed by atoms with Gasteiger partial charge in [0.1, 0.15) is 5.75 Å². The monoisotopic (exact) mass is 401 g/mol. The van der Waals surface area contributed by atoms with E-state index in [0.29, 0.717) is 23.6 Å². The highest BCUT2D eigenvalue weighted by Gasteiger charge is 2.10. The number of nitrogens with one attached hydrogen (secondary N) is 2. The minimum absolute atomic E-state index is 0.0572. The maximum Gasteiger partial charge on any atom is 0.271 e. The van der Waals surface area contributed by atoms with E-state index in [2.05, 4.69) is 17.6 Å². The van der Waals surface area contributed by atoms with Gasteiger partial charge < -0.3 is 10.1 Å². The highest BCUT2D eigenvalue weighted by atomic mass is 32.1. The molecule has 0 saturated carbocycles. The van der Waals surface area contributed by atoms with Gasteiger partial charge in [0.2, 0.25) is 0 Å². The first-order valence-corrected chi connectivity index (χ1v) is 9.50. The molecule has 0 radical (unpaired) electrons. The van der Waals surface area contributed by atoms with Crippen molar-refractivity contribution in [2.24, 2.45) is 0 Å². The average molecular weight is 401 g/mol. The number of nitrogens with zero attached hydrogens (tertiary/aromatic N) is 1. The Morgan fingerprint density at radius 3 is 2.57 bits per heavy atom. The van der Waals surface area contributed by atoms with Crippen LogP contribution in [0.25, 0.3) is 0 Å². The fourth-order valence-electron chi connectivity index (χ4n) is 2.46. The van der Waals surface area contributed by atoms with E-state index in [4.69, 9.17) is 17.0 Å². The minimum atomic E-state index is -0.500.